The highest BCUT2D eigenvalue weighted by atomic mass is 35.5. The maximum Gasteiger partial charge on any atom is 0.253 e. The molecule has 33 heavy (non-hydrogen) atoms. The molecule has 0 aromatic heterocycles. The zero-order chi connectivity index (χ0) is 23.8. The number of benzene rings is 2. The van der Waals surface area contributed by atoms with Gasteiger partial charge in [0.15, 0.2) is 17.6 Å². The molecule has 1 amide bonds. The molecule has 5 nitrogen and oxygen atoms in total. The van der Waals surface area contributed by atoms with Crippen LogP contribution < -0.4 is 14.8 Å². The molecule has 7 heteroatoms. The third-order valence-corrected chi connectivity index (χ3v) is 6.56. The van der Waals surface area contributed by atoms with Gasteiger partial charge in [-0.25, -0.2) is 0 Å². The number of carbonyl (C=O) groups excluding carboxylic acids is 1. The van der Waals surface area contributed by atoms with E-state index in [0.717, 1.165) is 37.7 Å². The van der Waals surface area contributed by atoms with Crippen molar-refractivity contribution in [2.45, 2.75) is 57.1 Å². The highest BCUT2D eigenvalue weighted by Gasteiger charge is 2.30. The second kappa shape index (κ2) is 12.2. The quantitative estimate of drug-likeness (QED) is 0.491. The fourth-order valence-electron chi connectivity index (χ4n) is 4.12. The Morgan fingerprint density at radius 1 is 1.12 bits per heavy atom. The summed E-state index contributed by atoms with van der Waals surface area (Å²) in [7, 11) is 1.61. The lowest BCUT2D eigenvalue weighted by molar-refractivity contribution is -0.130. The van der Waals surface area contributed by atoms with Crippen LogP contribution in [0.3, 0.4) is 0 Å². The van der Waals surface area contributed by atoms with Gasteiger partial charge in [0, 0.05) is 18.4 Å². The number of aliphatic hydroxyl groups is 1. The SMILES string of the molecule is CCC#CCOc1ccc(C2CCCCC2NC(=O)C(O)c2ccc(Cl)c(Cl)c2)cc1OC. The molecule has 0 spiro atoms. The molecular formula is C26H29Cl2NO4. The van der Waals surface area contributed by atoms with Crippen molar-refractivity contribution >= 4 is 29.1 Å². The molecule has 0 heterocycles. The summed E-state index contributed by atoms with van der Waals surface area (Å²) in [5.74, 6) is 6.86. The van der Waals surface area contributed by atoms with E-state index in [-0.39, 0.29) is 12.0 Å². The van der Waals surface area contributed by atoms with Crippen molar-refractivity contribution in [1.29, 1.82) is 0 Å². The third-order valence-electron chi connectivity index (χ3n) is 5.82. The van der Waals surface area contributed by atoms with Gasteiger partial charge in [-0.2, -0.15) is 0 Å². The minimum absolute atomic E-state index is 0.101. The molecule has 2 aromatic carbocycles. The predicted octanol–water partition coefficient (Wildman–Crippen LogP) is 5.67. The average molecular weight is 490 g/mol. The standard InChI is InChI=1S/C26H29Cl2NO4/c1-3-4-7-14-33-23-13-11-17(16-24(23)32-2)19-8-5-6-9-22(19)29-26(31)25(30)18-10-12-20(27)21(28)15-18/h10-13,15-16,19,22,25,30H,3,5-6,8-9,14H2,1-2H3,(H,29,31). The van der Waals surface area contributed by atoms with Crippen molar-refractivity contribution in [2.75, 3.05) is 13.7 Å². The van der Waals surface area contributed by atoms with Crippen molar-refractivity contribution < 1.29 is 19.4 Å². The number of hydrogen-bond donors (Lipinski definition) is 2. The number of amides is 1. The number of hydrogen-bond acceptors (Lipinski definition) is 4. The first-order valence-electron chi connectivity index (χ1n) is 11.1. The molecule has 176 valence electrons. The van der Waals surface area contributed by atoms with E-state index in [1.165, 1.54) is 6.07 Å². The van der Waals surface area contributed by atoms with Crippen LogP contribution in [0.5, 0.6) is 11.5 Å². The van der Waals surface area contributed by atoms with Crippen LogP contribution in [0.2, 0.25) is 10.0 Å². The van der Waals surface area contributed by atoms with Crippen LogP contribution in [0.4, 0.5) is 0 Å². The Kier molecular flexibility index (Phi) is 9.31. The second-order valence-electron chi connectivity index (χ2n) is 7.99. The Labute approximate surface area is 205 Å². The molecule has 1 aliphatic carbocycles. The van der Waals surface area contributed by atoms with Gasteiger partial charge in [-0.15, -0.1) is 5.92 Å². The zero-order valence-electron chi connectivity index (χ0n) is 18.9. The van der Waals surface area contributed by atoms with Crippen LogP contribution in [0, 0.1) is 11.8 Å². The summed E-state index contributed by atoms with van der Waals surface area (Å²) < 4.78 is 11.3. The second-order valence-corrected chi connectivity index (χ2v) is 8.80. The van der Waals surface area contributed by atoms with Crippen molar-refractivity contribution in [3.8, 4) is 23.3 Å². The highest BCUT2D eigenvalue weighted by molar-refractivity contribution is 6.42. The Hall–Kier alpha value is -2.39. The monoisotopic (exact) mass is 489 g/mol. The van der Waals surface area contributed by atoms with Gasteiger partial charge in [-0.1, -0.05) is 61.0 Å². The van der Waals surface area contributed by atoms with Gasteiger partial charge in [0.2, 0.25) is 0 Å². The number of methoxy groups -OCH3 is 1. The van der Waals surface area contributed by atoms with Crippen LogP contribution in [0.25, 0.3) is 0 Å². The minimum atomic E-state index is -1.32. The number of carbonyl (C=O) groups is 1. The van der Waals surface area contributed by atoms with Crippen LogP contribution in [-0.2, 0) is 4.79 Å². The van der Waals surface area contributed by atoms with E-state index in [2.05, 4.69) is 17.2 Å². The summed E-state index contributed by atoms with van der Waals surface area (Å²) in [6.07, 6.45) is 3.31. The average Bonchev–Trinajstić information content (AvgIpc) is 2.83. The summed E-state index contributed by atoms with van der Waals surface area (Å²) >= 11 is 12.0. The molecule has 2 N–H and O–H groups in total. The van der Waals surface area contributed by atoms with Crippen molar-refractivity contribution in [1.82, 2.24) is 5.32 Å². The van der Waals surface area contributed by atoms with E-state index >= 15 is 0 Å². The van der Waals surface area contributed by atoms with E-state index in [0.29, 0.717) is 33.7 Å². The van der Waals surface area contributed by atoms with Gasteiger partial charge in [0.25, 0.3) is 5.91 Å². The zero-order valence-corrected chi connectivity index (χ0v) is 20.4. The smallest absolute Gasteiger partial charge is 0.253 e. The molecule has 0 radical (unpaired) electrons. The van der Waals surface area contributed by atoms with E-state index in [1.54, 1.807) is 19.2 Å². The molecule has 1 aliphatic rings. The van der Waals surface area contributed by atoms with Crippen molar-refractivity contribution in [3.05, 3.63) is 57.6 Å². The highest BCUT2D eigenvalue weighted by Crippen LogP contribution is 2.38. The van der Waals surface area contributed by atoms with Gasteiger partial charge >= 0.3 is 0 Å². The maximum absolute atomic E-state index is 12.8. The molecule has 0 bridgehead atoms. The first-order chi connectivity index (χ1) is 15.9. The van der Waals surface area contributed by atoms with E-state index in [9.17, 15) is 9.90 Å². The molecule has 0 aliphatic heterocycles. The molecular weight excluding hydrogens is 461 g/mol. The first kappa shape index (κ1) is 25.2. The largest absolute Gasteiger partial charge is 0.493 e. The molecule has 3 unspecified atom stereocenters. The Bertz CT molecular complexity index is 1030. The summed E-state index contributed by atoms with van der Waals surface area (Å²) in [4.78, 5) is 12.8. The number of halogens is 2. The van der Waals surface area contributed by atoms with Gasteiger partial charge in [0.05, 0.1) is 17.2 Å². The van der Waals surface area contributed by atoms with Gasteiger partial charge in [-0.3, -0.25) is 4.79 Å². The number of ether oxygens (including phenoxy) is 2. The molecule has 3 rings (SSSR count). The summed E-state index contributed by atoms with van der Waals surface area (Å²) in [5, 5.41) is 14.3. The first-order valence-corrected chi connectivity index (χ1v) is 11.9. The topological polar surface area (TPSA) is 67.8 Å². The lowest BCUT2D eigenvalue weighted by Crippen LogP contribution is -2.43. The third kappa shape index (κ3) is 6.57. The Morgan fingerprint density at radius 2 is 1.91 bits per heavy atom. The summed E-state index contributed by atoms with van der Waals surface area (Å²) in [6, 6.07) is 10.5. The van der Waals surface area contributed by atoms with Gasteiger partial charge in [-0.05, 0) is 48.2 Å². The van der Waals surface area contributed by atoms with E-state index < -0.39 is 12.0 Å². The van der Waals surface area contributed by atoms with Gasteiger partial charge in [0.1, 0.15) is 6.61 Å². The van der Waals surface area contributed by atoms with Crippen LogP contribution in [-0.4, -0.2) is 30.8 Å². The maximum atomic E-state index is 12.8. The molecule has 1 saturated carbocycles. The van der Waals surface area contributed by atoms with Gasteiger partial charge < -0.3 is 19.9 Å². The summed E-state index contributed by atoms with van der Waals surface area (Å²) in [5.41, 5.74) is 1.47. The lowest BCUT2D eigenvalue weighted by Gasteiger charge is -2.33. The van der Waals surface area contributed by atoms with Crippen LogP contribution in [0.15, 0.2) is 36.4 Å². The van der Waals surface area contributed by atoms with Crippen molar-refractivity contribution in [2.24, 2.45) is 0 Å². The molecule has 0 saturated heterocycles. The summed E-state index contributed by atoms with van der Waals surface area (Å²) in [6.45, 7) is 2.30. The molecule has 2 aromatic rings. The Balaban J connectivity index is 1.74. The normalized spacial score (nSPS) is 18.6. The van der Waals surface area contributed by atoms with E-state index in [1.807, 2.05) is 25.1 Å². The lowest BCUT2D eigenvalue weighted by atomic mass is 9.79. The fourth-order valence-corrected chi connectivity index (χ4v) is 4.43. The Morgan fingerprint density at radius 3 is 2.64 bits per heavy atom. The van der Waals surface area contributed by atoms with Crippen molar-refractivity contribution in [3.63, 3.8) is 0 Å². The van der Waals surface area contributed by atoms with Crippen LogP contribution in [0.1, 0.15) is 62.2 Å². The predicted molar refractivity (Wildman–Crippen MR) is 131 cm³/mol. The van der Waals surface area contributed by atoms with Crippen LogP contribution >= 0.6 is 23.2 Å². The minimum Gasteiger partial charge on any atom is -0.493 e. The molecule has 1 fully saturated rings. The fraction of sp³-hybridized carbons (Fsp3) is 0.423. The van der Waals surface area contributed by atoms with E-state index in [4.69, 9.17) is 32.7 Å². The number of rotatable bonds is 7. The molecule has 3 atom stereocenters. The number of aliphatic hydroxyl groups excluding tert-OH is 1. The number of nitrogens with one attached hydrogen (secondary N) is 1.